The van der Waals surface area contributed by atoms with Gasteiger partial charge >= 0.3 is 0 Å². The lowest BCUT2D eigenvalue weighted by Gasteiger charge is -2.34. The van der Waals surface area contributed by atoms with E-state index < -0.39 is 11.7 Å². The minimum absolute atomic E-state index is 0.0423. The van der Waals surface area contributed by atoms with Crippen LogP contribution < -0.4 is 15.5 Å². The van der Waals surface area contributed by atoms with Gasteiger partial charge < -0.3 is 20.0 Å². The van der Waals surface area contributed by atoms with E-state index in [9.17, 15) is 9.18 Å². The molecule has 0 bridgehead atoms. The van der Waals surface area contributed by atoms with E-state index in [0.717, 1.165) is 43.9 Å². The Labute approximate surface area is 169 Å². The van der Waals surface area contributed by atoms with E-state index in [1.807, 2.05) is 36.4 Å². The van der Waals surface area contributed by atoms with Crippen LogP contribution in [0.4, 0.5) is 15.8 Å². The monoisotopic (exact) mass is 393 g/mol. The first-order chi connectivity index (χ1) is 14.2. The molecular weight excluding hydrogens is 369 g/mol. The van der Waals surface area contributed by atoms with Crippen LogP contribution in [0.2, 0.25) is 0 Å². The number of carbonyl (C=O) groups is 1. The Bertz CT molecular complexity index is 933. The van der Waals surface area contributed by atoms with Gasteiger partial charge in [0.05, 0.1) is 18.4 Å². The van der Waals surface area contributed by atoms with Gasteiger partial charge in [-0.25, -0.2) is 4.39 Å². The minimum atomic E-state index is -0.523. The van der Waals surface area contributed by atoms with Gasteiger partial charge in [0.2, 0.25) is 0 Å². The molecule has 0 radical (unpaired) electrons. The molecule has 6 heteroatoms. The standard InChI is InChI=1S/C23H24FN3O2/c24-22-6-2-1-5-21(22)23(28)26-18-7-9-19(10-8-18)27-13-11-17(12-14-27)25-16-20-4-3-15-29-20/h1-10,15,17,25H,11-14,16H2,(H,26,28). The molecule has 0 unspecified atom stereocenters. The fourth-order valence-electron chi connectivity index (χ4n) is 3.60. The molecule has 0 aliphatic carbocycles. The molecule has 1 amide bonds. The normalized spacial score (nSPS) is 14.7. The summed E-state index contributed by atoms with van der Waals surface area (Å²) in [6, 6.07) is 18.0. The van der Waals surface area contributed by atoms with Crippen LogP contribution in [-0.2, 0) is 6.54 Å². The lowest BCUT2D eigenvalue weighted by Crippen LogP contribution is -2.42. The van der Waals surface area contributed by atoms with Crippen molar-refractivity contribution in [3.8, 4) is 0 Å². The second kappa shape index (κ2) is 8.92. The van der Waals surface area contributed by atoms with Crippen LogP contribution in [-0.4, -0.2) is 25.0 Å². The van der Waals surface area contributed by atoms with E-state index in [4.69, 9.17) is 4.42 Å². The first kappa shape index (κ1) is 19.2. The number of hydrogen-bond acceptors (Lipinski definition) is 4. The molecule has 29 heavy (non-hydrogen) atoms. The first-order valence-corrected chi connectivity index (χ1v) is 9.86. The number of halogens is 1. The summed E-state index contributed by atoms with van der Waals surface area (Å²) in [5.41, 5.74) is 1.82. The van der Waals surface area contributed by atoms with Gasteiger partial charge in [-0.15, -0.1) is 0 Å². The molecule has 0 atom stereocenters. The molecule has 2 heterocycles. The van der Waals surface area contributed by atoms with Gasteiger partial charge in [-0.05, 0) is 61.4 Å². The van der Waals surface area contributed by atoms with Gasteiger partial charge in [0.25, 0.3) is 5.91 Å². The largest absolute Gasteiger partial charge is 0.468 e. The third-order valence-corrected chi connectivity index (χ3v) is 5.25. The van der Waals surface area contributed by atoms with Crippen LogP contribution in [0.5, 0.6) is 0 Å². The Balaban J connectivity index is 1.28. The highest BCUT2D eigenvalue weighted by Gasteiger charge is 2.19. The summed E-state index contributed by atoms with van der Waals surface area (Å²) in [7, 11) is 0. The third kappa shape index (κ3) is 4.84. The van der Waals surface area contributed by atoms with Crippen LogP contribution in [0.25, 0.3) is 0 Å². The van der Waals surface area contributed by atoms with Crippen LogP contribution in [0.3, 0.4) is 0 Å². The molecule has 150 valence electrons. The molecule has 0 saturated carbocycles. The minimum Gasteiger partial charge on any atom is -0.468 e. The first-order valence-electron chi connectivity index (χ1n) is 9.86. The SMILES string of the molecule is O=C(Nc1ccc(N2CCC(NCc3ccco3)CC2)cc1)c1ccccc1F. The van der Waals surface area contributed by atoms with E-state index in [1.165, 1.54) is 12.1 Å². The van der Waals surface area contributed by atoms with Crippen LogP contribution in [0, 0.1) is 5.82 Å². The Kier molecular flexibility index (Phi) is 5.91. The number of benzene rings is 2. The van der Waals surface area contributed by atoms with Crippen molar-refractivity contribution < 1.29 is 13.6 Å². The average molecular weight is 393 g/mol. The van der Waals surface area contributed by atoms with E-state index in [1.54, 1.807) is 18.4 Å². The fourth-order valence-corrected chi connectivity index (χ4v) is 3.60. The molecule has 1 aliphatic rings. The number of amides is 1. The molecule has 3 aromatic rings. The van der Waals surface area contributed by atoms with Gasteiger partial charge in [0.1, 0.15) is 11.6 Å². The van der Waals surface area contributed by atoms with Gasteiger partial charge in [-0.2, -0.15) is 0 Å². The smallest absolute Gasteiger partial charge is 0.258 e. The molecule has 2 aromatic carbocycles. The fraction of sp³-hybridized carbons (Fsp3) is 0.261. The third-order valence-electron chi connectivity index (χ3n) is 5.25. The number of nitrogens with one attached hydrogen (secondary N) is 2. The second-order valence-corrected chi connectivity index (χ2v) is 7.20. The number of piperidine rings is 1. The lowest BCUT2D eigenvalue weighted by atomic mass is 10.0. The predicted molar refractivity (Wildman–Crippen MR) is 112 cm³/mol. The summed E-state index contributed by atoms with van der Waals surface area (Å²) < 4.78 is 19.1. The number of furan rings is 1. The summed E-state index contributed by atoms with van der Waals surface area (Å²) in [5.74, 6) is -0.00936. The van der Waals surface area contributed by atoms with Crippen molar-refractivity contribution in [3.63, 3.8) is 0 Å². The van der Waals surface area contributed by atoms with Crippen molar-refractivity contribution in [1.29, 1.82) is 0 Å². The quantitative estimate of drug-likeness (QED) is 0.651. The summed E-state index contributed by atoms with van der Waals surface area (Å²) in [6.07, 6.45) is 3.82. The van der Waals surface area contributed by atoms with E-state index in [0.29, 0.717) is 11.7 Å². The highest BCUT2D eigenvalue weighted by atomic mass is 19.1. The van der Waals surface area contributed by atoms with Gasteiger partial charge in [0, 0.05) is 30.5 Å². The van der Waals surface area contributed by atoms with Gasteiger partial charge in [-0.1, -0.05) is 12.1 Å². The summed E-state index contributed by atoms with van der Waals surface area (Å²) in [6.45, 7) is 2.70. The Morgan fingerprint density at radius 1 is 1.03 bits per heavy atom. The zero-order valence-corrected chi connectivity index (χ0v) is 16.1. The number of rotatable bonds is 6. The van der Waals surface area contributed by atoms with Crippen LogP contribution in [0.15, 0.2) is 71.3 Å². The maximum Gasteiger partial charge on any atom is 0.258 e. The van der Waals surface area contributed by atoms with E-state index in [-0.39, 0.29) is 5.56 Å². The van der Waals surface area contributed by atoms with Gasteiger partial charge in [-0.3, -0.25) is 4.79 Å². The number of anilines is 2. The van der Waals surface area contributed by atoms with Crippen molar-refractivity contribution in [2.24, 2.45) is 0 Å². The number of hydrogen-bond donors (Lipinski definition) is 2. The highest BCUT2D eigenvalue weighted by Crippen LogP contribution is 2.23. The summed E-state index contributed by atoms with van der Waals surface area (Å²) in [4.78, 5) is 14.6. The van der Waals surface area contributed by atoms with Crippen molar-refractivity contribution in [1.82, 2.24) is 5.32 Å². The summed E-state index contributed by atoms with van der Waals surface area (Å²) >= 11 is 0. The second-order valence-electron chi connectivity index (χ2n) is 7.20. The van der Waals surface area contributed by atoms with Crippen molar-refractivity contribution in [2.45, 2.75) is 25.4 Å². The lowest BCUT2D eigenvalue weighted by molar-refractivity contribution is 0.102. The van der Waals surface area contributed by atoms with E-state index >= 15 is 0 Å². The molecule has 5 nitrogen and oxygen atoms in total. The summed E-state index contributed by atoms with van der Waals surface area (Å²) in [5, 5.41) is 6.30. The maximum absolute atomic E-state index is 13.7. The van der Waals surface area contributed by atoms with Crippen LogP contribution in [0.1, 0.15) is 29.0 Å². The zero-order chi connectivity index (χ0) is 20.1. The zero-order valence-electron chi connectivity index (χ0n) is 16.1. The van der Waals surface area contributed by atoms with Crippen molar-refractivity contribution >= 4 is 17.3 Å². The topological polar surface area (TPSA) is 57.5 Å². The van der Waals surface area contributed by atoms with Crippen molar-refractivity contribution in [3.05, 3.63) is 84.1 Å². The van der Waals surface area contributed by atoms with Gasteiger partial charge in [0.15, 0.2) is 0 Å². The average Bonchev–Trinajstić information content (AvgIpc) is 3.27. The molecule has 1 saturated heterocycles. The molecule has 1 fully saturated rings. The number of carbonyl (C=O) groups excluding carboxylic acids is 1. The predicted octanol–water partition coefficient (Wildman–Crippen LogP) is 4.43. The number of nitrogens with zero attached hydrogens (tertiary/aromatic N) is 1. The molecule has 1 aliphatic heterocycles. The maximum atomic E-state index is 13.7. The molecule has 0 spiro atoms. The molecule has 4 rings (SSSR count). The Hall–Kier alpha value is -3.12. The Morgan fingerprint density at radius 2 is 1.79 bits per heavy atom. The molecular formula is C23H24FN3O2. The van der Waals surface area contributed by atoms with Crippen LogP contribution >= 0.6 is 0 Å². The highest BCUT2D eigenvalue weighted by molar-refractivity contribution is 6.04. The molecule has 1 aromatic heterocycles. The molecule has 2 N–H and O–H groups in total. The Morgan fingerprint density at radius 3 is 2.48 bits per heavy atom. The van der Waals surface area contributed by atoms with Crippen molar-refractivity contribution in [2.75, 3.05) is 23.3 Å². The van der Waals surface area contributed by atoms with E-state index in [2.05, 4.69) is 15.5 Å².